The number of carbonyl (C=O) groups is 1. The van der Waals surface area contributed by atoms with E-state index in [1.165, 1.54) is 11.3 Å². The molecule has 2 atom stereocenters. The fraction of sp³-hybridized carbons (Fsp3) is 0.471. The van der Waals surface area contributed by atoms with Crippen molar-refractivity contribution in [2.75, 3.05) is 5.32 Å². The van der Waals surface area contributed by atoms with Crippen LogP contribution in [0, 0.1) is 0 Å². The van der Waals surface area contributed by atoms with Crippen LogP contribution in [0.15, 0.2) is 24.3 Å². The lowest BCUT2D eigenvalue weighted by Gasteiger charge is -2.17. The number of nitrogens with one attached hydrogen (secondary N) is 2. The van der Waals surface area contributed by atoms with Crippen LogP contribution in [0.5, 0.6) is 0 Å². The summed E-state index contributed by atoms with van der Waals surface area (Å²) in [5, 5.41) is 25.4. The van der Waals surface area contributed by atoms with Crippen LogP contribution in [0.4, 0.5) is 9.93 Å². The Balaban J connectivity index is 1.64. The van der Waals surface area contributed by atoms with Gasteiger partial charge in [-0.15, -0.1) is 10.2 Å². The number of hydrogen-bond acceptors (Lipinski definition) is 5. The average Bonchev–Trinajstić information content (AvgIpc) is 3.14. The minimum atomic E-state index is -0.609. The first-order valence-corrected chi connectivity index (χ1v) is 9.10. The minimum Gasteiger partial charge on any atom is -0.390 e. The molecule has 6 nitrogen and oxygen atoms in total. The highest BCUT2D eigenvalue weighted by Gasteiger charge is 2.32. The van der Waals surface area contributed by atoms with E-state index in [0.29, 0.717) is 17.5 Å². The summed E-state index contributed by atoms with van der Waals surface area (Å²) in [5.74, 6) is 0.379. The Labute approximate surface area is 145 Å². The third-order valence-corrected chi connectivity index (χ3v) is 5.49. The molecule has 0 saturated carbocycles. The molecule has 3 rings (SSSR count). The molecule has 0 aliphatic heterocycles. The highest BCUT2D eigenvalue weighted by molar-refractivity contribution is 7.15. The van der Waals surface area contributed by atoms with E-state index >= 15 is 0 Å². The largest absolute Gasteiger partial charge is 0.390 e. The van der Waals surface area contributed by atoms with Crippen molar-refractivity contribution in [3.8, 4) is 0 Å². The number of carbonyl (C=O) groups excluding carboxylic acids is 1. The third-order valence-electron chi connectivity index (χ3n) is 4.49. The van der Waals surface area contributed by atoms with E-state index in [-0.39, 0.29) is 6.03 Å². The van der Waals surface area contributed by atoms with Crippen LogP contribution in [0.2, 0.25) is 0 Å². The third kappa shape index (κ3) is 3.42. The van der Waals surface area contributed by atoms with Gasteiger partial charge in [-0.2, -0.15) is 0 Å². The van der Waals surface area contributed by atoms with Crippen molar-refractivity contribution in [1.29, 1.82) is 0 Å². The van der Waals surface area contributed by atoms with Crippen molar-refractivity contribution in [1.82, 2.24) is 15.5 Å². The summed E-state index contributed by atoms with van der Waals surface area (Å²) < 4.78 is 0. The van der Waals surface area contributed by atoms with E-state index in [2.05, 4.69) is 34.7 Å². The number of aliphatic hydroxyl groups excluding tert-OH is 1. The first-order valence-electron chi connectivity index (χ1n) is 8.29. The topological polar surface area (TPSA) is 87.1 Å². The van der Waals surface area contributed by atoms with E-state index in [0.717, 1.165) is 29.0 Å². The standard InChI is InChI=1S/C17H22N4O2S/c1-3-10(4-2)15-20-21-17(24-15)19-16(23)18-14-12-8-6-5-7-11(12)9-13(14)22/h5-8,10,13-14,22H,3-4,9H2,1-2H3,(H2,18,19,21,23)/t13-,14+/m0/s1. The zero-order chi connectivity index (χ0) is 17.1. The van der Waals surface area contributed by atoms with Gasteiger partial charge in [0.15, 0.2) is 0 Å². The summed E-state index contributed by atoms with van der Waals surface area (Å²) in [4.78, 5) is 12.2. The number of hydrogen-bond donors (Lipinski definition) is 3. The number of fused-ring (bicyclic) bond motifs is 1. The SMILES string of the molecule is CCC(CC)c1nnc(NC(=O)N[C@@H]2c3ccccc3C[C@@H]2O)s1. The molecule has 0 radical (unpaired) electrons. The number of aliphatic hydroxyl groups is 1. The van der Waals surface area contributed by atoms with Gasteiger partial charge in [-0.25, -0.2) is 4.79 Å². The van der Waals surface area contributed by atoms with E-state index in [1.807, 2.05) is 24.3 Å². The lowest BCUT2D eigenvalue weighted by molar-refractivity contribution is 0.144. The van der Waals surface area contributed by atoms with Crippen molar-refractivity contribution >= 4 is 22.5 Å². The van der Waals surface area contributed by atoms with Gasteiger partial charge in [0.2, 0.25) is 5.13 Å². The number of rotatable bonds is 5. The van der Waals surface area contributed by atoms with Crippen LogP contribution in [0.3, 0.4) is 0 Å². The van der Waals surface area contributed by atoms with E-state index in [4.69, 9.17) is 0 Å². The molecule has 1 aliphatic rings. The lowest BCUT2D eigenvalue weighted by atomic mass is 10.1. The minimum absolute atomic E-state index is 0.372. The molecule has 0 unspecified atom stereocenters. The molecule has 3 N–H and O–H groups in total. The van der Waals surface area contributed by atoms with Gasteiger partial charge >= 0.3 is 6.03 Å². The molecule has 2 aromatic rings. The molecule has 1 aliphatic carbocycles. The molecular formula is C17H22N4O2S. The van der Waals surface area contributed by atoms with E-state index in [9.17, 15) is 9.90 Å². The Morgan fingerprint density at radius 3 is 2.83 bits per heavy atom. The molecule has 1 aromatic carbocycles. The average molecular weight is 346 g/mol. The second-order valence-electron chi connectivity index (χ2n) is 6.01. The summed E-state index contributed by atoms with van der Waals surface area (Å²) in [6, 6.07) is 7.00. The van der Waals surface area contributed by atoms with Gasteiger partial charge < -0.3 is 10.4 Å². The first-order chi connectivity index (χ1) is 11.6. The van der Waals surface area contributed by atoms with Crippen molar-refractivity contribution in [3.63, 3.8) is 0 Å². The Hall–Kier alpha value is -1.99. The number of anilines is 1. The molecule has 1 heterocycles. The molecule has 1 aromatic heterocycles. The van der Waals surface area contributed by atoms with Crippen LogP contribution in [0.25, 0.3) is 0 Å². The van der Waals surface area contributed by atoms with Gasteiger partial charge in [0.05, 0.1) is 12.1 Å². The highest BCUT2D eigenvalue weighted by Crippen LogP contribution is 2.31. The molecule has 0 fully saturated rings. The maximum Gasteiger partial charge on any atom is 0.321 e. The molecule has 0 saturated heterocycles. The number of amides is 2. The zero-order valence-corrected chi connectivity index (χ0v) is 14.6. The number of benzene rings is 1. The fourth-order valence-electron chi connectivity index (χ4n) is 3.11. The normalized spacial score (nSPS) is 19.3. The second kappa shape index (κ2) is 7.27. The predicted octanol–water partition coefficient (Wildman–Crippen LogP) is 3.22. The molecular weight excluding hydrogens is 324 g/mol. The predicted molar refractivity (Wildman–Crippen MR) is 94.3 cm³/mol. The maximum atomic E-state index is 12.2. The van der Waals surface area contributed by atoms with Crippen molar-refractivity contribution in [2.45, 2.75) is 51.2 Å². The fourth-order valence-corrected chi connectivity index (χ4v) is 4.12. The summed E-state index contributed by atoms with van der Waals surface area (Å²) >= 11 is 1.41. The maximum absolute atomic E-state index is 12.2. The molecule has 0 spiro atoms. The Kier molecular flexibility index (Phi) is 5.11. The quantitative estimate of drug-likeness (QED) is 0.776. The Morgan fingerprint density at radius 1 is 1.33 bits per heavy atom. The number of nitrogens with zero attached hydrogens (tertiary/aromatic N) is 2. The lowest BCUT2D eigenvalue weighted by Crippen LogP contribution is -2.36. The van der Waals surface area contributed by atoms with Crippen molar-refractivity contribution < 1.29 is 9.90 Å². The Bertz CT molecular complexity index is 714. The van der Waals surface area contributed by atoms with Gasteiger partial charge in [0, 0.05) is 12.3 Å². The van der Waals surface area contributed by atoms with Crippen molar-refractivity contribution in [2.24, 2.45) is 0 Å². The van der Waals surface area contributed by atoms with Gasteiger partial charge in [0.25, 0.3) is 0 Å². The van der Waals surface area contributed by atoms with Crippen LogP contribution in [-0.2, 0) is 6.42 Å². The number of urea groups is 1. The summed E-state index contributed by atoms with van der Waals surface area (Å²) in [6.45, 7) is 4.24. The monoisotopic (exact) mass is 346 g/mol. The van der Waals surface area contributed by atoms with Gasteiger partial charge in [-0.1, -0.05) is 49.4 Å². The second-order valence-corrected chi connectivity index (χ2v) is 7.01. The van der Waals surface area contributed by atoms with Crippen LogP contribution < -0.4 is 10.6 Å². The highest BCUT2D eigenvalue weighted by atomic mass is 32.1. The summed E-state index contributed by atoms with van der Waals surface area (Å²) in [6.07, 6.45) is 1.95. The number of aromatic nitrogens is 2. The van der Waals surface area contributed by atoms with Crippen LogP contribution in [-0.4, -0.2) is 27.4 Å². The van der Waals surface area contributed by atoms with Crippen molar-refractivity contribution in [3.05, 3.63) is 40.4 Å². The summed E-state index contributed by atoms with van der Waals surface area (Å²) in [7, 11) is 0. The molecule has 2 amide bonds. The van der Waals surface area contributed by atoms with Crippen LogP contribution >= 0.6 is 11.3 Å². The van der Waals surface area contributed by atoms with E-state index in [1.54, 1.807) is 0 Å². The smallest absolute Gasteiger partial charge is 0.321 e. The zero-order valence-electron chi connectivity index (χ0n) is 13.8. The molecule has 7 heteroatoms. The van der Waals surface area contributed by atoms with Gasteiger partial charge in [-0.3, -0.25) is 5.32 Å². The van der Waals surface area contributed by atoms with Gasteiger partial charge in [-0.05, 0) is 24.0 Å². The van der Waals surface area contributed by atoms with E-state index < -0.39 is 12.1 Å². The van der Waals surface area contributed by atoms with Gasteiger partial charge in [0.1, 0.15) is 5.01 Å². The van der Waals surface area contributed by atoms with Crippen LogP contribution in [0.1, 0.15) is 54.8 Å². The summed E-state index contributed by atoms with van der Waals surface area (Å²) in [5.41, 5.74) is 2.04. The molecule has 0 bridgehead atoms. The molecule has 24 heavy (non-hydrogen) atoms. The Morgan fingerprint density at radius 2 is 2.08 bits per heavy atom. The molecule has 128 valence electrons. The first kappa shape index (κ1) is 16.9.